The first-order valence-corrected chi connectivity index (χ1v) is 3.56. The molecule has 0 spiro atoms. The summed E-state index contributed by atoms with van der Waals surface area (Å²) in [5.74, 6) is 0.0124. The molecular formula is C7H8ClN3O. The quantitative estimate of drug-likeness (QED) is 0.201. The summed E-state index contributed by atoms with van der Waals surface area (Å²) in [6, 6.07) is 4.75. The lowest BCUT2D eigenvalue weighted by molar-refractivity contribution is 0.318. The number of amidine groups is 1. The van der Waals surface area contributed by atoms with E-state index in [-0.39, 0.29) is 5.84 Å². The van der Waals surface area contributed by atoms with E-state index in [0.29, 0.717) is 16.3 Å². The molecule has 0 saturated heterocycles. The lowest BCUT2D eigenvalue weighted by Gasteiger charge is -2.01. The minimum absolute atomic E-state index is 0.0124. The Morgan fingerprint density at radius 3 is 2.67 bits per heavy atom. The van der Waals surface area contributed by atoms with Crippen LogP contribution in [0.2, 0.25) is 5.02 Å². The highest BCUT2D eigenvalue weighted by atomic mass is 35.5. The van der Waals surface area contributed by atoms with E-state index in [1.54, 1.807) is 12.1 Å². The predicted molar refractivity (Wildman–Crippen MR) is 48.4 cm³/mol. The Bertz CT molecular complexity index is 324. The van der Waals surface area contributed by atoms with Crippen molar-refractivity contribution in [2.75, 3.05) is 5.73 Å². The van der Waals surface area contributed by atoms with Gasteiger partial charge in [0.2, 0.25) is 0 Å². The van der Waals surface area contributed by atoms with Crippen LogP contribution in [-0.4, -0.2) is 11.0 Å². The number of nitrogens with two attached hydrogens (primary N) is 2. The third kappa shape index (κ3) is 1.60. The second-order valence-electron chi connectivity index (χ2n) is 2.22. The molecule has 64 valence electrons. The standard InChI is InChI=1S/C7H8ClN3O/c8-5-2-1-4(3-6(5)9)7(10)11-12/h1-3,12H,9H2,(H2,10,11). The zero-order valence-electron chi connectivity index (χ0n) is 6.16. The SMILES string of the molecule is NC(=NO)c1ccc(Cl)c(N)c1. The van der Waals surface area contributed by atoms with Gasteiger partial charge in [-0.05, 0) is 18.2 Å². The van der Waals surface area contributed by atoms with Gasteiger partial charge in [-0.15, -0.1) is 0 Å². The summed E-state index contributed by atoms with van der Waals surface area (Å²) in [6.45, 7) is 0. The van der Waals surface area contributed by atoms with Crippen molar-refractivity contribution >= 4 is 23.1 Å². The minimum Gasteiger partial charge on any atom is -0.409 e. The fourth-order valence-corrected chi connectivity index (χ4v) is 0.878. The molecule has 0 fully saturated rings. The first kappa shape index (κ1) is 8.67. The summed E-state index contributed by atoms with van der Waals surface area (Å²) in [4.78, 5) is 0. The molecule has 0 unspecified atom stereocenters. The second-order valence-corrected chi connectivity index (χ2v) is 2.63. The number of benzene rings is 1. The normalized spacial score (nSPS) is 11.6. The predicted octanol–water partition coefficient (Wildman–Crippen LogP) is 1.02. The summed E-state index contributed by atoms with van der Waals surface area (Å²) in [5, 5.41) is 11.6. The van der Waals surface area contributed by atoms with Crippen LogP contribution in [0.25, 0.3) is 0 Å². The molecule has 1 rings (SSSR count). The van der Waals surface area contributed by atoms with Crippen molar-refractivity contribution in [1.29, 1.82) is 0 Å². The van der Waals surface area contributed by atoms with Gasteiger partial charge in [0, 0.05) is 5.56 Å². The number of rotatable bonds is 1. The van der Waals surface area contributed by atoms with Gasteiger partial charge < -0.3 is 16.7 Å². The lowest BCUT2D eigenvalue weighted by atomic mass is 10.2. The van der Waals surface area contributed by atoms with Gasteiger partial charge in [0.1, 0.15) is 0 Å². The van der Waals surface area contributed by atoms with E-state index in [1.165, 1.54) is 6.07 Å². The van der Waals surface area contributed by atoms with Crippen LogP contribution < -0.4 is 11.5 Å². The highest BCUT2D eigenvalue weighted by molar-refractivity contribution is 6.33. The number of nitrogens with zero attached hydrogens (tertiary/aromatic N) is 1. The average molecular weight is 186 g/mol. The van der Waals surface area contributed by atoms with E-state index in [0.717, 1.165) is 0 Å². The number of anilines is 1. The van der Waals surface area contributed by atoms with Crippen LogP contribution in [0.15, 0.2) is 23.4 Å². The Labute approximate surface area is 74.4 Å². The molecule has 1 aromatic carbocycles. The zero-order chi connectivity index (χ0) is 9.14. The van der Waals surface area contributed by atoms with E-state index in [2.05, 4.69) is 5.16 Å². The van der Waals surface area contributed by atoms with E-state index >= 15 is 0 Å². The van der Waals surface area contributed by atoms with Crippen molar-refractivity contribution in [3.8, 4) is 0 Å². The first-order chi connectivity index (χ1) is 5.65. The second kappa shape index (κ2) is 3.32. The van der Waals surface area contributed by atoms with Crippen molar-refractivity contribution < 1.29 is 5.21 Å². The maximum absolute atomic E-state index is 8.34. The number of hydrogen-bond donors (Lipinski definition) is 3. The molecule has 0 aliphatic rings. The van der Waals surface area contributed by atoms with E-state index in [9.17, 15) is 0 Å². The molecule has 0 bridgehead atoms. The van der Waals surface area contributed by atoms with Gasteiger partial charge >= 0.3 is 0 Å². The molecule has 0 aliphatic carbocycles. The maximum Gasteiger partial charge on any atom is 0.170 e. The van der Waals surface area contributed by atoms with Crippen LogP contribution in [-0.2, 0) is 0 Å². The number of oxime groups is 1. The fourth-order valence-electron chi connectivity index (χ4n) is 0.761. The summed E-state index contributed by atoms with van der Waals surface area (Å²) in [6.07, 6.45) is 0. The minimum atomic E-state index is 0.0124. The largest absolute Gasteiger partial charge is 0.409 e. The third-order valence-electron chi connectivity index (χ3n) is 1.40. The summed E-state index contributed by atoms with van der Waals surface area (Å²) >= 11 is 5.66. The van der Waals surface area contributed by atoms with Crippen molar-refractivity contribution in [2.24, 2.45) is 10.9 Å². The lowest BCUT2D eigenvalue weighted by Crippen LogP contribution is -2.13. The molecule has 0 heterocycles. The van der Waals surface area contributed by atoms with Gasteiger partial charge in [-0.3, -0.25) is 0 Å². The summed E-state index contributed by atoms with van der Waals surface area (Å²) in [5.41, 5.74) is 11.7. The topological polar surface area (TPSA) is 84.6 Å². The molecular weight excluding hydrogens is 178 g/mol. The van der Waals surface area contributed by atoms with Crippen molar-refractivity contribution in [3.05, 3.63) is 28.8 Å². The van der Waals surface area contributed by atoms with Crippen LogP contribution >= 0.6 is 11.6 Å². The number of hydrogen-bond acceptors (Lipinski definition) is 3. The Balaban J connectivity index is 3.13. The Hall–Kier alpha value is -1.42. The van der Waals surface area contributed by atoms with Crippen molar-refractivity contribution in [2.45, 2.75) is 0 Å². The molecule has 0 amide bonds. The molecule has 12 heavy (non-hydrogen) atoms. The van der Waals surface area contributed by atoms with E-state index in [4.69, 9.17) is 28.3 Å². The van der Waals surface area contributed by atoms with Crippen LogP contribution in [0.3, 0.4) is 0 Å². The third-order valence-corrected chi connectivity index (χ3v) is 1.74. The molecule has 0 radical (unpaired) electrons. The van der Waals surface area contributed by atoms with Gasteiger partial charge in [-0.25, -0.2) is 0 Å². The molecule has 0 aliphatic heterocycles. The zero-order valence-corrected chi connectivity index (χ0v) is 6.92. The Kier molecular flexibility index (Phi) is 2.40. The maximum atomic E-state index is 8.34. The van der Waals surface area contributed by atoms with Gasteiger partial charge in [-0.1, -0.05) is 16.8 Å². The molecule has 0 saturated carbocycles. The average Bonchev–Trinajstić information content (AvgIpc) is 2.08. The summed E-state index contributed by atoms with van der Waals surface area (Å²) < 4.78 is 0. The first-order valence-electron chi connectivity index (χ1n) is 3.18. The van der Waals surface area contributed by atoms with Crippen LogP contribution in [0.5, 0.6) is 0 Å². The van der Waals surface area contributed by atoms with Crippen LogP contribution in [0, 0.1) is 0 Å². The Morgan fingerprint density at radius 2 is 2.17 bits per heavy atom. The highest BCUT2D eigenvalue weighted by Gasteiger charge is 2.01. The van der Waals surface area contributed by atoms with Crippen molar-refractivity contribution in [1.82, 2.24) is 0 Å². The molecule has 0 atom stereocenters. The Morgan fingerprint density at radius 1 is 1.50 bits per heavy atom. The number of halogens is 1. The van der Waals surface area contributed by atoms with Gasteiger partial charge in [0.05, 0.1) is 10.7 Å². The van der Waals surface area contributed by atoms with Crippen LogP contribution in [0.4, 0.5) is 5.69 Å². The van der Waals surface area contributed by atoms with Gasteiger partial charge in [0.25, 0.3) is 0 Å². The number of nitrogen functional groups attached to an aromatic ring is 1. The fraction of sp³-hybridized carbons (Fsp3) is 0. The van der Waals surface area contributed by atoms with Gasteiger partial charge in [0.15, 0.2) is 5.84 Å². The molecule has 4 nitrogen and oxygen atoms in total. The molecule has 0 aromatic heterocycles. The highest BCUT2D eigenvalue weighted by Crippen LogP contribution is 2.19. The van der Waals surface area contributed by atoms with E-state index < -0.39 is 0 Å². The molecule has 5 N–H and O–H groups in total. The van der Waals surface area contributed by atoms with E-state index in [1.807, 2.05) is 0 Å². The summed E-state index contributed by atoms with van der Waals surface area (Å²) in [7, 11) is 0. The van der Waals surface area contributed by atoms with Crippen LogP contribution in [0.1, 0.15) is 5.56 Å². The molecule has 1 aromatic rings. The monoisotopic (exact) mass is 185 g/mol. The molecule has 5 heteroatoms. The van der Waals surface area contributed by atoms with Gasteiger partial charge in [-0.2, -0.15) is 0 Å². The smallest absolute Gasteiger partial charge is 0.170 e. The van der Waals surface area contributed by atoms with Crippen molar-refractivity contribution in [3.63, 3.8) is 0 Å².